The lowest BCUT2D eigenvalue weighted by Gasteiger charge is -2.13. The molecule has 0 fully saturated rings. The van der Waals surface area contributed by atoms with Gasteiger partial charge in [-0.05, 0) is 30.3 Å². The summed E-state index contributed by atoms with van der Waals surface area (Å²) in [6.07, 6.45) is 0.749. The van der Waals surface area contributed by atoms with Gasteiger partial charge in [0.15, 0.2) is 11.5 Å². The Labute approximate surface area is 156 Å². The smallest absolute Gasteiger partial charge is 0.255 e. The van der Waals surface area contributed by atoms with Crippen LogP contribution in [-0.4, -0.2) is 44.0 Å². The lowest BCUT2D eigenvalue weighted by atomic mass is 10.1. The molecule has 0 saturated heterocycles. The first-order valence-corrected chi connectivity index (χ1v) is 8.55. The number of nitrogens with zero attached hydrogens (tertiary/aromatic N) is 1. The first-order valence-electron chi connectivity index (χ1n) is 8.18. The SMILES string of the molecule is CN(C)C(=O)c1cccc(NC(=O)c2cc(Cl)c3c(c2)OCCCO3)c1. The molecule has 136 valence electrons. The quantitative estimate of drug-likeness (QED) is 0.893. The third-order valence-electron chi connectivity index (χ3n) is 3.84. The Morgan fingerprint density at radius 3 is 2.62 bits per heavy atom. The van der Waals surface area contributed by atoms with Crippen LogP contribution in [0.15, 0.2) is 36.4 Å². The van der Waals surface area contributed by atoms with Crippen LogP contribution >= 0.6 is 11.6 Å². The number of halogens is 1. The van der Waals surface area contributed by atoms with E-state index in [1.807, 2.05) is 0 Å². The van der Waals surface area contributed by atoms with E-state index in [1.54, 1.807) is 50.5 Å². The molecule has 1 aliphatic rings. The number of carbonyl (C=O) groups excluding carboxylic acids is 2. The third-order valence-corrected chi connectivity index (χ3v) is 4.12. The summed E-state index contributed by atoms with van der Waals surface area (Å²) in [5, 5.41) is 3.10. The molecule has 6 nitrogen and oxygen atoms in total. The number of amides is 2. The highest BCUT2D eigenvalue weighted by Gasteiger charge is 2.19. The summed E-state index contributed by atoms with van der Waals surface area (Å²) in [6, 6.07) is 9.91. The normalized spacial score (nSPS) is 12.9. The second-order valence-corrected chi connectivity index (χ2v) is 6.48. The molecule has 7 heteroatoms. The number of hydrogen-bond acceptors (Lipinski definition) is 4. The molecule has 0 unspecified atom stereocenters. The number of rotatable bonds is 3. The second-order valence-electron chi connectivity index (χ2n) is 6.07. The van der Waals surface area contributed by atoms with Crippen molar-refractivity contribution >= 4 is 29.1 Å². The first kappa shape index (κ1) is 18.1. The van der Waals surface area contributed by atoms with Crippen molar-refractivity contribution in [2.75, 3.05) is 32.6 Å². The highest BCUT2D eigenvalue weighted by molar-refractivity contribution is 6.32. The van der Waals surface area contributed by atoms with Gasteiger partial charge in [-0.2, -0.15) is 0 Å². The van der Waals surface area contributed by atoms with Crippen LogP contribution in [0.4, 0.5) is 5.69 Å². The van der Waals surface area contributed by atoms with E-state index in [9.17, 15) is 9.59 Å². The highest BCUT2D eigenvalue weighted by atomic mass is 35.5. The van der Waals surface area contributed by atoms with Crippen LogP contribution < -0.4 is 14.8 Å². The third kappa shape index (κ3) is 3.91. The summed E-state index contributed by atoms with van der Waals surface area (Å²) in [7, 11) is 3.35. The van der Waals surface area contributed by atoms with E-state index in [4.69, 9.17) is 21.1 Å². The van der Waals surface area contributed by atoms with Gasteiger partial charge in [-0.15, -0.1) is 0 Å². The molecule has 0 spiro atoms. The van der Waals surface area contributed by atoms with E-state index >= 15 is 0 Å². The van der Waals surface area contributed by atoms with Gasteiger partial charge in [0, 0.05) is 37.3 Å². The number of hydrogen-bond donors (Lipinski definition) is 1. The average molecular weight is 375 g/mol. The van der Waals surface area contributed by atoms with Crippen molar-refractivity contribution in [3.63, 3.8) is 0 Å². The molecule has 0 bridgehead atoms. The van der Waals surface area contributed by atoms with Crippen LogP contribution in [0.1, 0.15) is 27.1 Å². The van der Waals surface area contributed by atoms with Gasteiger partial charge < -0.3 is 19.7 Å². The van der Waals surface area contributed by atoms with Crippen LogP contribution in [-0.2, 0) is 0 Å². The van der Waals surface area contributed by atoms with Gasteiger partial charge in [-0.3, -0.25) is 9.59 Å². The Morgan fingerprint density at radius 2 is 1.85 bits per heavy atom. The van der Waals surface area contributed by atoms with Crippen molar-refractivity contribution in [2.45, 2.75) is 6.42 Å². The Bertz CT molecular complexity index is 851. The number of benzene rings is 2. The molecule has 3 rings (SSSR count). The van der Waals surface area contributed by atoms with Gasteiger partial charge in [0.05, 0.1) is 18.2 Å². The zero-order valence-corrected chi connectivity index (χ0v) is 15.3. The Kier molecular flexibility index (Phi) is 5.32. The van der Waals surface area contributed by atoms with E-state index < -0.39 is 0 Å². The van der Waals surface area contributed by atoms with E-state index in [2.05, 4.69) is 5.32 Å². The molecule has 1 heterocycles. The minimum absolute atomic E-state index is 0.139. The molecular weight excluding hydrogens is 356 g/mol. The summed E-state index contributed by atoms with van der Waals surface area (Å²) in [4.78, 5) is 26.1. The van der Waals surface area contributed by atoms with Gasteiger partial charge in [0.1, 0.15) is 0 Å². The Balaban J connectivity index is 1.83. The average Bonchev–Trinajstić information content (AvgIpc) is 2.87. The van der Waals surface area contributed by atoms with Crippen molar-refractivity contribution in [3.05, 3.63) is 52.5 Å². The molecule has 0 aliphatic carbocycles. The van der Waals surface area contributed by atoms with Crippen molar-refractivity contribution in [1.29, 1.82) is 0 Å². The van der Waals surface area contributed by atoms with Crippen LogP contribution in [0.3, 0.4) is 0 Å². The van der Waals surface area contributed by atoms with Crippen LogP contribution in [0, 0.1) is 0 Å². The van der Waals surface area contributed by atoms with Crippen molar-refractivity contribution < 1.29 is 19.1 Å². The maximum Gasteiger partial charge on any atom is 0.255 e. The van der Waals surface area contributed by atoms with Gasteiger partial charge in [-0.1, -0.05) is 17.7 Å². The molecular formula is C19H19ClN2O4. The van der Waals surface area contributed by atoms with Gasteiger partial charge in [0.25, 0.3) is 11.8 Å². The first-order chi connectivity index (χ1) is 12.5. The molecule has 26 heavy (non-hydrogen) atoms. The molecule has 2 aromatic carbocycles. The number of ether oxygens (including phenoxy) is 2. The minimum Gasteiger partial charge on any atom is -0.489 e. The fraction of sp³-hybridized carbons (Fsp3) is 0.263. The summed E-state index contributed by atoms with van der Waals surface area (Å²) < 4.78 is 11.2. The summed E-state index contributed by atoms with van der Waals surface area (Å²) in [6.45, 7) is 1.02. The van der Waals surface area contributed by atoms with Crippen molar-refractivity contribution in [2.24, 2.45) is 0 Å². The topological polar surface area (TPSA) is 67.9 Å². The predicted octanol–water partition coefficient (Wildman–Crippen LogP) is 3.46. The van der Waals surface area contributed by atoms with Crippen molar-refractivity contribution in [3.8, 4) is 11.5 Å². The van der Waals surface area contributed by atoms with E-state index in [1.165, 1.54) is 4.90 Å². The molecule has 1 aliphatic heterocycles. The van der Waals surface area contributed by atoms with Crippen LogP contribution in [0.25, 0.3) is 0 Å². The predicted molar refractivity (Wildman–Crippen MR) is 99.5 cm³/mol. The molecule has 1 N–H and O–H groups in total. The number of nitrogens with one attached hydrogen (secondary N) is 1. The summed E-state index contributed by atoms with van der Waals surface area (Å²) >= 11 is 6.23. The van der Waals surface area contributed by atoms with E-state index in [0.717, 1.165) is 6.42 Å². The molecule has 0 radical (unpaired) electrons. The molecule has 0 saturated carbocycles. The maximum absolute atomic E-state index is 12.6. The molecule has 0 aromatic heterocycles. The van der Waals surface area contributed by atoms with E-state index in [0.29, 0.717) is 46.5 Å². The minimum atomic E-state index is -0.350. The van der Waals surface area contributed by atoms with Crippen LogP contribution in [0.2, 0.25) is 5.02 Å². The lowest BCUT2D eigenvalue weighted by molar-refractivity contribution is 0.0827. The fourth-order valence-corrected chi connectivity index (χ4v) is 2.82. The maximum atomic E-state index is 12.6. The lowest BCUT2D eigenvalue weighted by Crippen LogP contribution is -2.22. The zero-order valence-electron chi connectivity index (χ0n) is 14.5. The monoisotopic (exact) mass is 374 g/mol. The second kappa shape index (κ2) is 7.66. The molecule has 2 amide bonds. The standard InChI is InChI=1S/C19H19ClN2O4/c1-22(2)19(24)12-5-3-6-14(9-12)21-18(23)13-10-15(20)17-16(11-13)25-7-4-8-26-17/h3,5-6,9-11H,4,7-8H2,1-2H3,(H,21,23). The Hall–Kier alpha value is -2.73. The molecule has 2 aromatic rings. The fourth-order valence-electron chi connectivity index (χ4n) is 2.55. The number of anilines is 1. The van der Waals surface area contributed by atoms with Crippen LogP contribution in [0.5, 0.6) is 11.5 Å². The largest absolute Gasteiger partial charge is 0.489 e. The highest BCUT2D eigenvalue weighted by Crippen LogP contribution is 2.38. The Morgan fingerprint density at radius 1 is 1.08 bits per heavy atom. The van der Waals surface area contributed by atoms with Gasteiger partial charge in [0.2, 0.25) is 0 Å². The van der Waals surface area contributed by atoms with Gasteiger partial charge in [-0.25, -0.2) is 0 Å². The zero-order chi connectivity index (χ0) is 18.7. The number of carbonyl (C=O) groups is 2. The van der Waals surface area contributed by atoms with Gasteiger partial charge >= 0.3 is 0 Å². The summed E-state index contributed by atoms with van der Waals surface area (Å²) in [5.41, 5.74) is 1.36. The van der Waals surface area contributed by atoms with E-state index in [-0.39, 0.29) is 11.8 Å². The van der Waals surface area contributed by atoms with Crippen molar-refractivity contribution in [1.82, 2.24) is 4.90 Å². The number of fused-ring (bicyclic) bond motifs is 1. The summed E-state index contributed by atoms with van der Waals surface area (Å²) in [5.74, 6) is 0.424. The molecule has 0 atom stereocenters.